The molecule has 0 unspecified atom stereocenters. The second-order valence-corrected chi connectivity index (χ2v) is 4.00. The lowest BCUT2D eigenvalue weighted by Gasteiger charge is -2.03. The smallest absolute Gasteiger partial charge is 0.301 e. The molecule has 0 saturated carbocycles. The second-order valence-electron chi connectivity index (χ2n) is 4.00. The Hall–Kier alpha value is -3.23. The Labute approximate surface area is 118 Å². The Morgan fingerprint density at radius 2 is 2.00 bits per heavy atom. The van der Waals surface area contributed by atoms with Crippen molar-refractivity contribution >= 4 is 22.8 Å². The number of benzene rings is 1. The molecule has 1 heterocycles. The molecule has 0 spiro atoms. The van der Waals surface area contributed by atoms with E-state index in [-0.39, 0.29) is 11.4 Å². The topological polar surface area (TPSA) is 124 Å². The highest BCUT2D eigenvalue weighted by atomic mass is 16.6. The number of hydrogen-bond donors (Lipinski definition) is 1. The maximum atomic E-state index is 10.9. The van der Waals surface area contributed by atoms with Gasteiger partial charge in [-0.15, -0.1) is 0 Å². The predicted molar refractivity (Wildman–Crippen MR) is 74.3 cm³/mol. The second kappa shape index (κ2) is 5.82. The number of hydrogen-bond acceptors (Lipinski definition) is 7. The summed E-state index contributed by atoms with van der Waals surface area (Å²) in [5.41, 5.74) is 2.25. The van der Waals surface area contributed by atoms with Gasteiger partial charge >= 0.3 is 5.69 Å². The number of anilines is 1. The van der Waals surface area contributed by atoms with E-state index in [1.165, 1.54) is 12.3 Å². The molecule has 9 heteroatoms. The van der Waals surface area contributed by atoms with Gasteiger partial charge in [0.25, 0.3) is 5.69 Å². The number of rotatable bonds is 5. The predicted octanol–water partition coefficient (Wildman–Crippen LogP) is 2.93. The van der Waals surface area contributed by atoms with Gasteiger partial charge < -0.3 is 4.42 Å². The molecule has 1 N–H and O–H groups in total. The van der Waals surface area contributed by atoms with Crippen LogP contribution < -0.4 is 5.43 Å². The minimum absolute atomic E-state index is 0.0523. The van der Waals surface area contributed by atoms with Gasteiger partial charge in [-0.1, -0.05) is 0 Å². The molecule has 21 heavy (non-hydrogen) atoms. The summed E-state index contributed by atoms with van der Waals surface area (Å²) >= 11 is 0. The number of nitro benzene ring substituents is 2. The van der Waals surface area contributed by atoms with Gasteiger partial charge in [-0.2, -0.15) is 5.10 Å². The van der Waals surface area contributed by atoms with Crippen LogP contribution in [0.2, 0.25) is 0 Å². The normalized spacial score (nSPS) is 11.2. The standard InChI is InChI=1S/C12H10N4O5/c1-8(12-3-2-6-21-12)13-14-10-5-4-9(15(17)18)7-11(10)16(19)20/h2-7,14H,1H3. The average molecular weight is 290 g/mol. The van der Waals surface area contributed by atoms with Gasteiger partial charge in [0.15, 0.2) is 0 Å². The van der Waals surface area contributed by atoms with E-state index < -0.39 is 15.5 Å². The molecule has 1 aromatic heterocycles. The lowest BCUT2D eigenvalue weighted by molar-refractivity contribution is -0.393. The van der Waals surface area contributed by atoms with Crippen LogP contribution in [-0.4, -0.2) is 15.6 Å². The number of non-ortho nitro benzene ring substituents is 1. The highest BCUT2D eigenvalue weighted by Crippen LogP contribution is 2.28. The molecule has 1 aromatic carbocycles. The van der Waals surface area contributed by atoms with Gasteiger partial charge in [0.1, 0.15) is 17.2 Å². The van der Waals surface area contributed by atoms with Gasteiger partial charge in [0.2, 0.25) is 0 Å². The molecule has 0 aliphatic heterocycles. The SMILES string of the molecule is CC(=NNc1ccc([N+](=O)[O-])cc1[N+](=O)[O-])c1ccco1. The molecule has 0 aliphatic carbocycles. The zero-order valence-corrected chi connectivity index (χ0v) is 10.8. The monoisotopic (exact) mass is 290 g/mol. The molecule has 0 aliphatic rings. The van der Waals surface area contributed by atoms with Crippen molar-refractivity contribution in [2.45, 2.75) is 6.92 Å². The van der Waals surface area contributed by atoms with E-state index in [1.807, 2.05) is 0 Å². The Morgan fingerprint density at radius 3 is 2.57 bits per heavy atom. The molecule has 0 bridgehead atoms. The van der Waals surface area contributed by atoms with E-state index >= 15 is 0 Å². The number of hydrazone groups is 1. The molecule has 0 radical (unpaired) electrons. The Morgan fingerprint density at radius 1 is 1.24 bits per heavy atom. The van der Waals surface area contributed by atoms with Crippen LogP contribution in [0.1, 0.15) is 12.7 Å². The zero-order chi connectivity index (χ0) is 15.4. The van der Waals surface area contributed by atoms with Crippen LogP contribution in [0.5, 0.6) is 0 Å². The fourth-order valence-corrected chi connectivity index (χ4v) is 1.56. The third-order valence-electron chi connectivity index (χ3n) is 2.61. The number of furan rings is 1. The number of nitrogens with one attached hydrogen (secondary N) is 1. The van der Waals surface area contributed by atoms with Crippen LogP contribution in [0.4, 0.5) is 17.1 Å². The van der Waals surface area contributed by atoms with Crippen molar-refractivity contribution in [3.05, 3.63) is 62.6 Å². The van der Waals surface area contributed by atoms with Crippen LogP contribution in [0.3, 0.4) is 0 Å². The van der Waals surface area contributed by atoms with Crippen LogP contribution in [-0.2, 0) is 0 Å². The van der Waals surface area contributed by atoms with Crippen LogP contribution >= 0.6 is 0 Å². The van der Waals surface area contributed by atoms with Crippen molar-refractivity contribution in [3.63, 3.8) is 0 Å². The minimum Gasteiger partial charge on any atom is -0.463 e. The van der Waals surface area contributed by atoms with Crippen LogP contribution in [0.25, 0.3) is 0 Å². The van der Waals surface area contributed by atoms with Gasteiger partial charge in [-0.25, -0.2) is 0 Å². The third kappa shape index (κ3) is 3.21. The summed E-state index contributed by atoms with van der Waals surface area (Å²) in [4.78, 5) is 20.2. The van der Waals surface area contributed by atoms with Gasteiger partial charge in [-0.3, -0.25) is 25.7 Å². The molecular weight excluding hydrogens is 280 g/mol. The Balaban J connectivity index is 2.29. The summed E-state index contributed by atoms with van der Waals surface area (Å²) in [5.74, 6) is 0.507. The summed E-state index contributed by atoms with van der Waals surface area (Å²) in [6.07, 6.45) is 1.47. The van der Waals surface area contributed by atoms with Crippen molar-refractivity contribution in [1.82, 2.24) is 0 Å². The zero-order valence-electron chi connectivity index (χ0n) is 10.8. The van der Waals surface area contributed by atoms with E-state index in [2.05, 4.69) is 10.5 Å². The molecule has 2 rings (SSSR count). The van der Waals surface area contributed by atoms with E-state index in [0.717, 1.165) is 12.1 Å². The largest absolute Gasteiger partial charge is 0.463 e. The van der Waals surface area contributed by atoms with Crippen LogP contribution in [0, 0.1) is 20.2 Å². The van der Waals surface area contributed by atoms with Crippen molar-refractivity contribution < 1.29 is 14.3 Å². The van der Waals surface area contributed by atoms with E-state index in [1.54, 1.807) is 19.1 Å². The molecule has 0 amide bonds. The molecule has 9 nitrogen and oxygen atoms in total. The molecule has 2 aromatic rings. The summed E-state index contributed by atoms with van der Waals surface area (Å²) in [5, 5.41) is 25.5. The first-order valence-electron chi connectivity index (χ1n) is 5.76. The van der Waals surface area contributed by atoms with E-state index in [9.17, 15) is 20.2 Å². The molecule has 108 valence electrons. The first kappa shape index (κ1) is 14.2. The van der Waals surface area contributed by atoms with Crippen LogP contribution in [0.15, 0.2) is 46.1 Å². The number of nitro groups is 2. The van der Waals surface area contributed by atoms with E-state index in [0.29, 0.717) is 11.5 Å². The van der Waals surface area contributed by atoms with E-state index in [4.69, 9.17) is 4.42 Å². The fraction of sp³-hybridized carbons (Fsp3) is 0.0833. The maximum Gasteiger partial charge on any atom is 0.301 e. The summed E-state index contributed by atoms with van der Waals surface area (Å²) in [6, 6.07) is 6.63. The van der Waals surface area contributed by atoms with Crippen molar-refractivity contribution in [1.29, 1.82) is 0 Å². The summed E-state index contributed by atoms with van der Waals surface area (Å²) < 4.78 is 5.12. The summed E-state index contributed by atoms with van der Waals surface area (Å²) in [7, 11) is 0. The lowest BCUT2D eigenvalue weighted by Crippen LogP contribution is -2.01. The third-order valence-corrected chi connectivity index (χ3v) is 2.61. The number of nitrogens with zero attached hydrogens (tertiary/aromatic N) is 3. The lowest BCUT2D eigenvalue weighted by atomic mass is 10.2. The van der Waals surface area contributed by atoms with Gasteiger partial charge in [-0.05, 0) is 25.1 Å². The highest BCUT2D eigenvalue weighted by Gasteiger charge is 2.19. The highest BCUT2D eigenvalue weighted by molar-refractivity contribution is 5.96. The fourth-order valence-electron chi connectivity index (χ4n) is 1.56. The minimum atomic E-state index is -0.715. The Kier molecular flexibility index (Phi) is 3.93. The Bertz CT molecular complexity index is 708. The van der Waals surface area contributed by atoms with Gasteiger partial charge in [0.05, 0.1) is 22.2 Å². The molecular formula is C12H10N4O5. The van der Waals surface area contributed by atoms with Crippen molar-refractivity contribution in [2.75, 3.05) is 5.43 Å². The maximum absolute atomic E-state index is 10.9. The van der Waals surface area contributed by atoms with Crippen molar-refractivity contribution in [2.24, 2.45) is 5.10 Å². The molecule has 0 atom stereocenters. The van der Waals surface area contributed by atoms with Gasteiger partial charge in [0, 0.05) is 6.07 Å². The first-order chi connectivity index (χ1) is 9.99. The molecule has 0 fully saturated rings. The average Bonchev–Trinajstić information content (AvgIpc) is 2.98. The van der Waals surface area contributed by atoms with Crippen molar-refractivity contribution in [3.8, 4) is 0 Å². The molecule has 0 saturated heterocycles. The summed E-state index contributed by atoms with van der Waals surface area (Å²) in [6.45, 7) is 1.66. The first-order valence-corrected chi connectivity index (χ1v) is 5.76. The quantitative estimate of drug-likeness (QED) is 0.512.